The van der Waals surface area contributed by atoms with Gasteiger partial charge in [-0.2, -0.15) is 0 Å². The molecule has 3 nitrogen and oxygen atoms in total. The number of rotatable bonds is 6. The molecule has 0 spiro atoms. The number of benzene rings is 1. The van der Waals surface area contributed by atoms with E-state index in [1.165, 1.54) is 16.7 Å². The summed E-state index contributed by atoms with van der Waals surface area (Å²) < 4.78 is 2.01. The molecule has 1 unspecified atom stereocenters. The van der Waals surface area contributed by atoms with Crippen LogP contribution < -0.4 is 5.32 Å². The van der Waals surface area contributed by atoms with Crippen LogP contribution in [-0.4, -0.2) is 16.1 Å². The highest BCUT2D eigenvalue weighted by Gasteiger charge is 2.16. The minimum absolute atomic E-state index is 0.288. The van der Waals surface area contributed by atoms with Crippen molar-refractivity contribution < 1.29 is 0 Å². The van der Waals surface area contributed by atoms with Gasteiger partial charge in [0.15, 0.2) is 0 Å². The zero-order chi connectivity index (χ0) is 14.5. The van der Waals surface area contributed by atoms with Crippen LogP contribution in [0.2, 0.25) is 0 Å². The normalized spacial score (nSPS) is 12.6. The first kappa shape index (κ1) is 14.8. The fourth-order valence-electron chi connectivity index (χ4n) is 2.59. The largest absolute Gasteiger partial charge is 0.340 e. The van der Waals surface area contributed by atoms with E-state index in [0.717, 1.165) is 25.1 Å². The van der Waals surface area contributed by atoms with E-state index in [4.69, 9.17) is 0 Å². The van der Waals surface area contributed by atoms with Crippen LogP contribution >= 0.6 is 0 Å². The third kappa shape index (κ3) is 3.48. The monoisotopic (exact) mass is 271 g/mol. The van der Waals surface area contributed by atoms with E-state index < -0.39 is 0 Å². The molecule has 0 aliphatic heterocycles. The minimum atomic E-state index is 0.288. The number of aryl methyl sites for hydroxylation is 3. The first-order valence-electron chi connectivity index (χ1n) is 7.38. The smallest absolute Gasteiger partial charge is 0.0947 e. The van der Waals surface area contributed by atoms with E-state index in [0.29, 0.717) is 0 Å². The molecular weight excluding hydrogens is 246 g/mol. The van der Waals surface area contributed by atoms with Gasteiger partial charge in [-0.05, 0) is 49.9 Å². The topological polar surface area (TPSA) is 29.9 Å². The van der Waals surface area contributed by atoms with Gasteiger partial charge >= 0.3 is 0 Å². The van der Waals surface area contributed by atoms with Crippen molar-refractivity contribution in [1.29, 1.82) is 0 Å². The molecule has 0 saturated heterocycles. The number of imidazole rings is 1. The van der Waals surface area contributed by atoms with E-state index in [-0.39, 0.29) is 6.04 Å². The van der Waals surface area contributed by atoms with Crippen molar-refractivity contribution in [3.05, 3.63) is 53.1 Å². The Morgan fingerprint density at radius 2 is 1.95 bits per heavy atom. The van der Waals surface area contributed by atoms with Crippen LogP contribution in [0.4, 0.5) is 0 Å². The molecular formula is C17H25N3. The van der Waals surface area contributed by atoms with Crippen LogP contribution in [0.5, 0.6) is 0 Å². The summed E-state index contributed by atoms with van der Waals surface area (Å²) in [7, 11) is 2.02. The van der Waals surface area contributed by atoms with Gasteiger partial charge in [0.05, 0.1) is 18.1 Å². The molecule has 2 rings (SSSR count). The molecule has 1 aromatic carbocycles. The zero-order valence-corrected chi connectivity index (χ0v) is 13.0. The third-order valence-corrected chi connectivity index (χ3v) is 3.78. The number of hydrogen-bond donors (Lipinski definition) is 1. The molecule has 1 N–H and O–H groups in total. The van der Waals surface area contributed by atoms with Crippen LogP contribution in [0.3, 0.4) is 0 Å². The van der Waals surface area contributed by atoms with Crippen LogP contribution in [0.25, 0.3) is 0 Å². The number of aromatic nitrogens is 2. The molecule has 0 radical (unpaired) electrons. The van der Waals surface area contributed by atoms with E-state index >= 15 is 0 Å². The molecule has 1 heterocycles. The summed E-state index contributed by atoms with van der Waals surface area (Å²) in [4.78, 5) is 4.52. The summed E-state index contributed by atoms with van der Waals surface area (Å²) in [5.41, 5.74) is 5.30. The van der Waals surface area contributed by atoms with Gasteiger partial charge in [0, 0.05) is 13.2 Å². The lowest BCUT2D eigenvalue weighted by Gasteiger charge is -2.19. The molecule has 108 valence electrons. The maximum atomic E-state index is 4.52. The molecule has 0 saturated carbocycles. The molecule has 0 amide bonds. The first-order chi connectivity index (χ1) is 9.61. The quantitative estimate of drug-likeness (QED) is 0.873. The molecule has 2 aromatic rings. The van der Waals surface area contributed by atoms with Crippen molar-refractivity contribution in [2.24, 2.45) is 7.05 Å². The van der Waals surface area contributed by atoms with Gasteiger partial charge in [-0.15, -0.1) is 0 Å². The lowest BCUT2D eigenvalue weighted by Crippen LogP contribution is -2.25. The minimum Gasteiger partial charge on any atom is -0.340 e. The Hall–Kier alpha value is -1.61. The summed E-state index contributed by atoms with van der Waals surface area (Å²) in [6, 6.07) is 6.80. The Balaban J connectivity index is 2.23. The SMILES string of the molecule is CCCNC(Cc1c(C)cccc1C)c1cn(C)cn1. The van der Waals surface area contributed by atoms with Crippen LogP contribution in [0.1, 0.15) is 41.8 Å². The lowest BCUT2D eigenvalue weighted by atomic mass is 9.95. The zero-order valence-electron chi connectivity index (χ0n) is 13.0. The van der Waals surface area contributed by atoms with E-state index in [2.05, 4.69) is 55.5 Å². The predicted octanol–water partition coefficient (Wildman–Crippen LogP) is 3.32. The predicted molar refractivity (Wildman–Crippen MR) is 83.9 cm³/mol. The molecule has 20 heavy (non-hydrogen) atoms. The maximum Gasteiger partial charge on any atom is 0.0947 e. The molecule has 0 fully saturated rings. The van der Waals surface area contributed by atoms with Gasteiger partial charge in [-0.3, -0.25) is 0 Å². The van der Waals surface area contributed by atoms with Crippen molar-refractivity contribution in [2.45, 2.75) is 39.7 Å². The highest BCUT2D eigenvalue weighted by molar-refractivity contribution is 5.34. The molecule has 1 atom stereocenters. The van der Waals surface area contributed by atoms with Gasteiger partial charge in [-0.25, -0.2) is 4.98 Å². The highest BCUT2D eigenvalue weighted by Crippen LogP contribution is 2.22. The second-order valence-electron chi connectivity index (χ2n) is 5.55. The highest BCUT2D eigenvalue weighted by atomic mass is 15.0. The standard InChI is InChI=1S/C17H25N3/c1-5-9-18-16(17-11-20(4)12-19-17)10-15-13(2)7-6-8-14(15)3/h6-8,11-12,16,18H,5,9-10H2,1-4H3. The maximum absolute atomic E-state index is 4.52. The Bertz CT molecular complexity index is 537. The van der Waals surface area contributed by atoms with Crippen molar-refractivity contribution in [1.82, 2.24) is 14.9 Å². The van der Waals surface area contributed by atoms with Crippen molar-refractivity contribution >= 4 is 0 Å². The average Bonchev–Trinajstić information content (AvgIpc) is 2.84. The van der Waals surface area contributed by atoms with Gasteiger partial charge < -0.3 is 9.88 Å². The summed E-state index contributed by atoms with van der Waals surface area (Å²) in [5, 5.41) is 3.63. The second-order valence-corrected chi connectivity index (χ2v) is 5.55. The van der Waals surface area contributed by atoms with Crippen molar-refractivity contribution in [3.8, 4) is 0 Å². The van der Waals surface area contributed by atoms with Crippen molar-refractivity contribution in [2.75, 3.05) is 6.54 Å². The first-order valence-corrected chi connectivity index (χ1v) is 7.38. The van der Waals surface area contributed by atoms with E-state index in [9.17, 15) is 0 Å². The van der Waals surface area contributed by atoms with E-state index in [1.54, 1.807) is 0 Å². The summed E-state index contributed by atoms with van der Waals surface area (Å²) >= 11 is 0. The van der Waals surface area contributed by atoms with Crippen LogP contribution in [0, 0.1) is 13.8 Å². The number of nitrogens with zero attached hydrogens (tertiary/aromatic N) is 2. The second kappa shape index (κ2) is 6.71. The number of hydrogen-bond acceptors (Lipinski definition) is 2. The van der Waals surface area contributed by atoms with Crippen molar-refractivity contribution in [3.63, 3.8) is 0 Å². The van der Waals surface area contributed by atoms with Gasteiger partial charge in [0.2, 0.25) is 0 Å². The number of nitrogens with one attached hydrogen (secondary N) is 1. The molecule has 0 aliphatic carbocycles. The van der Waals surface area contributed by atoms with E-state index in [1.807, 2.05) is 17.9 Å². The lowest BCUT2D eigenvalue weighted by molar-refractivity contribution is 0.517. The Morgan fingerprint density at radius 3 is 2.50 bits per heavy atom. The summed E-state index contributed by atoms with van der Waals surface area (Å²) in [6.45, 7) is 7.60. The van der Waals surface area contributed by atoms with Gasteiger partial charge in [-0.1, -0.05) is 25.1 Å². The fraction of sp³-hybridized carbons (Fsp3) is 0.471. The Kier molecular flexibility index (Phi) is 4.96. The Labute approximate surface area is 122 Å². The summed E-state index contributed by atoms with van der Waals surface area (Å²) in [6.07, 6.45) is 6.12. The Morgan fingerprint density at radius 1 is 1.25 bits per heavy atom. The fourth-order valence-corrected chi connectivity index (χ4v) is 2.59. The summed E-state index contributed by atoms with van der Waals surface area (Å²) in [5.74, 6) is 0. The van der Waals surface area contributed by atoms with Crippen LogP contribution in [0.15, 0.2) is 30.7 Å². The molecule has 0 aliphatic rings. The molecule has 0 bridgehead atoms. The van der Waals surface area contributed by atoms with Crippen LogP contribution in [-0.2, 0) is 13.5 Å². The van der Waals surface area contributed by atoms with Gasteiger partial charge in [0.1, 0.15) is 0 Å². The molecule has 1 aromatic heterocycles. The van der Waals surface area contributed by atoms with Gasteiger partial charge in [0.25, 0.3) is 0 Å². The average molecular weight is 271 g/mol. The molecule has 3 heteroatoms. The third-order valence-electron chi connectivity index (χ3n) is 3.78.